The number of carbonyl (C=O) groups excluding carboxylic acids is 1. The first-order chi connectivity index (χ1) is 11.0. The molecule has 0 radical (unpaired) electrons. The largest absolute Gasteiger partial charge is 0.494 e. The summed E-state index contributed by atoms with van der Waals surface area (Å²) in [6.07, 6.45) is 0. The zero-order valence-corrected chi connectivity index (χ0v) is 13.2. The molecule has 0 unspecified atom stereocenters. The van der Waals surface area contributed by atoms with Gasteiger partial charge in [0.2, 0.25) is 0 Å². The molecule has 2 aromatic rings. The van der Waals surface area contributed by atoms with Gasteiger partial charge in [-0.1, -0.05) is 23.7 Å². The summed E-state index contributed by atoms with van der Waals surface area (Å²) in [6.45, 7) is 2.74. The highest BCUT2D eigenvalue weighted by Gasteiger charge is 2.16. The lowest BCUT2D eigenvalue weighted by Gasteiger charge is -2.08. The summed E-state index contributed by atoms with van der Waals surface area (Å²) >= 11 is 5.73. The van der Waals surface area contributed by atoms with Crippen LogP contribution in [0.1, 0.15) is 22.8 Å². The monoisotopic (exact) mass is 334 g/mol. The fourth-order valence-electron chi connectivity index (χ4n) is 1.99. The Bertz CT molecular complexity index is 734. The Hall–Kier alpha value is -2.60. The molecule has 0 aliphatic heterocycles. The van der Waals surface area contributed by atoms with Crippen molar-refractivity contribution in [1.82, 2.24) is 5.32 Å². The smallest absolute Gasteiger partial charge is 0.288 e. The topological polar surface area (TPSA) is 81.5 Å². The second kappa shape index (κ2) is 7.60. The van der Waals surface area contributed by atoms with Gasteiger partial charge in [-0.05, 0) is 36.8 Å². The van der Waals surface area contributed by atoms with E-state index >= 15 is 0 Å². The summed E-state index contributed by atoms with van der Waals surface area (Å²) in [6, 6.07) is 11.3. The van der Waals surface area contributed by atoms with Crippen molar-refractivity contribution >= 4 is 23.2 Å². The fraction of sp³-hybridized carbons (Fsp3) is 0.188. The molecule has 1 N–H and O–H groups in total. The maximum Gasteiger partial charge on any atom is 0.288 e. The average Bonchev–Trinajstić information content (AvgIpc) is 2.53. The van der Waals surface area contributed by atoms with Gasteiger partial charge in [-0.2, -0.15) is 0 Å². The maximum atomic E-state index is 12.1. The van der Waals surface area contributed by atoms with E-state index in [1.54, 1.807) is 0 Å². The van der Waals surface area contributed by atoms with Gasteiger partial charge in [0.05, 0.1) is 11.5 Å². The molecule has 0 aromatic heterocycles. The molecule has 2 rings (SSSR count). The minimum Gasteiger partial charge on any atom is -0.494 e. The van der Waals surface area contributed by atoms with Crippen LogP contribution in [0, 0.1) is 10.1 Å². The van der Waals surface area contributed by atoms with Crippen LogP contribution in [0.4, 0.5) is 5.69 Å². The fourth-order valence-corrected chi connectivity index (χ4v) is 2.18. The van der Waals surface area contributed by atoms with Gasteiger partial charge >= 0.3 is 0 Å². The summed E-state index contributed by atoms with van der Waals surface area (Å²) in [5.74, 6) is 0.313. The van der Waals surface area contributed by atoms with Crippen molar-refractivity contribution in [3.05, 3.63) is 68.7 Å². The molecule has 0 heterocycles. The molecule has 0 aliphatic carbocycles. The van der Waals surface area contributed by atoms with Crippen molar-refractivity contribution in [2.24, 2.45) is 0 Å². The Balaban J connectivity index is 2.06. The number of nitrogens with zero attached hydrogens (tertiary/aromatic N) is 1. The van der Waals surface area contributed by atoms with Crippen molar-refractivity contribution < 1.29 is 14.5 Å². The van der Waals surface area contributed by atoms with E-state index < -0.39 is 10.8 Å². The van der Waals surface area contributed by atoms with Crippen molar-refractivity contribution in [3.63, 3.8) is 0 Å². The number of carbonyl (C=O) groups is 1. The molecule has 0 spiro atoms. The van der Waals surface area contributed by atoms with E-state index in [2.05, 4.69) is 5.32 Å². The molecule has 0 saturated heterocycles. The van der Waals surface area contributed by atoms with E-state index in [0.717, 1.165) is 17.4 Å². The first-order valence-electron chi connectivity index (χ1n) is 6.95. The number of ether oxygens (including phenoxy) is 1. The van der Waals surface area contributed by atoms with Gasteiger partial charge in [0.15, 0.2) is 0 Å². The number of benzene rings is 2. The lowest BCUT2D eigenvalue weighted by Crippen LogP contribution is -2.22. The molecule has 6 nitrogen and oxygen atoms in total. The van der Waals surface area contributed by atoms with Crippen LogP contribution in [0.3, 0.4) is 0 Å². The SMILES string of the molecule is CCOc1cccc(CNC(=O)c2ccc(Cl)c([N+](=O)[O-])c2)c1. The van der Waals surface area contributed by atoms with Gasteiger partial charge in [-0.15, -0.1) is 0 Å². The summed E-state index contributed by atoms with van der Waals surface area (Å²) in [4.78, 5) is 22.3. The summed E-state index contributed by atoms with van der Waals surface area (Å²) in [7, 11) is 0. The third-order valence-corrected chi connectivity index (χ3v) is 3.39. The second-order valence-electron chi connectivity index (χ2n) is 4.69. The number of halogens is 1. The Morgan fingerprint density at radius 2 is 2.09 bits per heavy atom. The summed E-state index contributed by atoms with van der Waals surface area (Å²) < 4.78 is 5.39. The van der Waals surface area contributed by atoms with Gasteiger partial charge in [-0.25, -0.2) is 0 Å². The van der Waals surface area contributed by atoms with Gasteiger partial charge in [0.25, 0.3) is 11.6 Å². The first kappa shape index (κ1) is 16.8. The molecule has 0 atom stereocenters. The van der Waals surface area contributed by atoms with Gasteiger partial charge in [-0.3, -0.25) is 14.9 Å². The number of rotatable bonds is 6. The van der Waals surface area contributed by atoms with Crippen molar-refractivity contribution in [2.75, 3.05) is 6.61 Å². The van der Waals surface area contributed by atoms with E-state index in [1.807, 2.05) is 31.2 Å². The first-order valence-corrected chi connectivity index (χ1v) is 7.33. The Labute approximate surface area is 138 Å². The highest BCUT2D eigenvalue weighted by molar-refractivity contribution is 6.32. The Morgan fingerprint density at radius 3 is 2.78 bits per heavy atom. The molecular weight excluding hydrogens is 320 g/mol. The van der Waals surface area contributed by atoms with Crippen LogP contribution in [-0.2, 0) is 6.54 Å². The van der Waals surface area contributed by atoms with Gasteiger partial charge in [0.1, 0.15) is 10.8 Å². The molecule has 23 heavy (non-hydrogen) atoms. The maximum absolute atomic E-state index is 12.1. The zero-order valence-electron chi connectivity index (χ0n) is 12.4. The quantitative estimate of drug-likeness (QED) is 0.646. The number of nitrogens with one attached hydrogen (secondary N) is 1. The molecule has 0 bridgehead atoms. The van der Waals surface area contributed by atoms with Crippen LogP contribution < -0.4 is 10.1 Å². The van der Waals surface area contributed by atoms with E-state index in [0.29, 0.717) is 6.61 Å². The number of hydrogen-bond donors (Lipinski definition) is 1. The molecule has 120 valence electrons. The molecule has 0 saturated carbocycles. The minimum atomic E-state index is -0.620. The molecule has 0 aliphatic rings. The van der Waals surface area contributed by atoms with E-state index in [9.17, 15) is 14.9 Å². The Morgan fingerprint density at radius 1 is 1.30 bits per heavy atom. The lowest BCUT2D eigenvalue weighted by molar-refractivity contribution is -0.384. The predicted octanol–water partition coefficient (Wildman–Crippen LogP) is 3.58. The van der Waals surface area contributed by atoms with E-state index in [-0.39, 0.29) is 22.8 Å². The zero-order chi connectivity index (χ0) is 16.8. The average molecular weight is 335 g/mol. The molecule has 0 fully saturated rings. The number of nitro benzene ring substituents is 1. The summed E-state index contributed by atoms with van der Waals surface area (Å²) in [5, 5.41) is 13.6. The van der Waals surface area contributed by atoms with Crippen molar-refractivity contribution in [1.29, 1.82) is 0 Å². The van der Waals surface area contributed by atoms with Crippen molar-refractivity contribution in [2.45, 2.75) is 13.5 Å². The van der Waals surface area contributed by atoms with Crippen LogP contribution in [0.25, 0.3) is 0 Å². The molecular formula is C16H15ClN2O4. The van der Waals surface area contributed by atoms with Crippen LogP contribution in [0.5, 0.6) is 5.75 Å². The van der Waals surface area contributed by atoms with Gasteiger partial charge in [0, 0.05) is 18.2 Å². The third-order valence-electron chi connectivity index (χ3n) is 3.07. The second-order valence-corrected chi connectivity index (χ2v) is 5.09. The highest BCUT2D eigenvalue weighted by atomic mass is 35.5. The normalized spacial score (nSPS) is 10.2. The summed E-state index contributed by atoms with van der Waals surface area (Å²) in [5.41, 5.74) is 0.757. The van der Waals surface area contributed by atoms with Crippen LogP contribution in [-0.4, -0.2) is 17.4 Å². The van der Waals surface area contributed by atoms with Crippen LogP contribution in [0.2, 0.25) is 5.02 Å². The van der Waals surface area contributed by atoms with E-state index in [1.165, 1.54) is 12.1 Å². The van der Waals surface area contributed by atoms with Crippen LogP contribution >= 0.6 is 11.6 Å². The number of amides is 1. The van der Waals surface area contributed by atoms with Gasteiger partial charge < -0.3 is 10.1 Å². The van der Waals surface area contributed by atoms with Crippen molar-refractivity contribution in [3.8, 4) is 5.75 Å². The minimum absolute atomic E-state index is 0.00374. The molecule has 1 amide bonds. The van der Waals surface area contributed by atoms with Crippen LogP contribution in [0.15, 0.2) is 42.5 Å². The number of hydrogen-bond acceptors (Lipinski definition) is 4. The standard InChI is InChI=1S/C16H15ClN2O4/c1-2-23-13-5-3-4-11(8-13)10-18-16(20)12-6-7-14(17)15(9-12)19(21)22/h3-9H,2,10H2,1H3,(H,18,20). The van der Waals surface area contributed by atoms with E-state index in [4.69, 9.17) is 16.3 Å². The highest BCUT2D eigenvalue weighted by Crippen LogP contribution is 2.25. The lowest BCUT2D eigenvalue weighted by atomic mass is 10.1. The predicted molar refractivity (Wildman–Crippen MR) is 86.9 cm³/mol. The molecule has 2 aromatic carbocycles. The Kier molecular flexibility index (Phi) is 5.54. The third kappa shape index (κ3) is 4.43. The number of nitro groups is 1. The molecule has 7 heteroatoms.